The second-order valence-electron chi connectivity index (χ2n) is 4.32. The summed E-state index contributed by atoms with van der Waals surface area (Å²) < 4.78 is 4.75. The summed E-state index contributed by atoms with van der Waals surface area (Å²) in [6.45, 7) is 4.17. The van der Waals surface area contributed by atoms with E-state index >= 15 is 0 Å². The zero-order chi connectivity index (χ0) is 10.1. The molecule has 13 heavy (non-hydrogen) atoms. The molecule has 76 valence electrons. The van der Waals surface area contributed by atoms with E-state index in [1.807, 2.05) is 6.92 Å². The van der Waals surface area contributed by atoms with Gasteiger partial charge in [-0.05, 0) is 24.7 Å². The van der Waals surface area contributed by atoms with Crippen LogP contribution in [0.4, 0.5) is 0 Å². The maximum atomic E-state index is 11.5. The molecule has 1 rings (SSSR count). The standard InChI is InChI=1S/C10H19NO2/c1-7-4-5-8(2)10(11,6-7)9(12)13-3/h7-8H,4-6,11H2,1-3H3. The topological polar surface area (TPSA) is 52.3 Å². The molecule has 0 spiro atoms. The number of carbonyl (C=O) groups is 1. The van der Waals surface area contributed by atoms with Crippen molar-refractivity contribution in [1.29, 1.82) is 0 Å². The molecule has 1 saturated carbocycles. The average molecular weight is 185 g/mol. The highest BCUT2D eigenvalue weighted by molar-refractivity contribution is 5.81. The minimum atomic E-state index is -0.744. The molecule has 3 unspecified atom stereocenters. The van der Waals surface area contributed by atoms with Crippen molar-refractivity contribution in [2.24, 2.45) is 17.6 Å². The molecule has 0 heterocycles. The fourth-order valence-corrected chi connectivity index (χ4v) is 2.15. The Hall–Kier alpha value is -0.570. The monoisotopic (exact) mass is 185 g/mol. The number of carbonyl (C=O) groups excluding carboxylic acids is 1. The Balaban J connectivity index is 2.78. The number of hydrogen-bond donors (Lipinski definition) is 1. The van der Waals surface area contributed by atoms with Gasteiger partial charge in [-0.25, -0.2) is 0 Å². The highest BCUT2D eigenvalue weighted by atomic mass is 16.5. The Kier molecular flexibility index (Phi) is 2.96. The van der Waals surface area contributed by atoms with E-state index in [2.05, 4.69) is 6.92 Å². The first kappa shape index (κ1) is 10.5. The molecule has 1 aliphatic carbocycles. The lowest BCUT2D eigenvalue weighted by molar-refractivity contribution is -0.151. The first-order chi connectivity index (χ1) is 6.00. The van der Waals surface area contributed by atoms with Gasteiger partial charge in [-0.1, -0.05) is 20.3 Å². The molecule has 0 aliphatic heterocycles. The van der Waals surface area contributed by atoms with Crippen molar-refractivity contribution >= 4 is 5.97 Å². The van der Waals surface area contributed by atoms with Crippen LogP contribution in [0.2, 0.25) is 0 Å². The molecule has 0 saturated heterocycles. The lowest BCUT2D eigenvalue weighted by Gasteiger charge is -2.39. The van der Waals surface area contributed by atoms with Crippen LogP contribution in [0.1, 0.15) is 33.1 Å². The van der Waals surface area contributed by atoms with Gasteiger partial charge in [0, 0.05) is 0 Å². The predicted octanol–water partition coefficient (Wildman–Crippen LogP) is 1.31. The Morgan fingerprint density at radius 2 is 2.08 bits per heavy atom. The van der Waals surface area contributed by atoms with E-state index in [4.69, 9.17) is 10.5 Å². The number of esters is 1. The van der Waals surface area contributed by atoms with Gasteiger partial charge in [-0.3, -0.25) is 4.79 Å². The van der Waals surface area contributed by atoms with Crippen LogP contribution >= 0.6 is 0 Å². The van der Waals surface area contributed by atoms with Gasteiger partial charge in [0.2, 0.25) is 0 Å². The summed E-state index contributed by atoms with van der Waals surface area (Å²) in [5.41, 5.74) is 5.33. The van der Waals surface area contributed by atoms with E-state index in [1.54, 1.807) is 0 Å². The van der Waals surface area contributed by atoms with Crippen LogP contribution in [0.5, 0.6) is 0 Å². The van der Waals surface area contributed by atoms with Crippen molar-refractivity contribution in [2.45, 2.75) is 38.6 Å². The van der Waals surface area contributed by atoms with E-state index < -0.39 is 5.54 Å². The van der Waals surface area contributed by atoms with E-state index in [-0.39, 0.29) is 11.9 Å². The third-order valence-electron chi connectivity index (χ3n) is 3.22. The molecular formula is C10H19NO2. The van der Waals surface area contributed by atoms with Crippen LogP contribution in [0.25, 0.3) is 0 Å². The highest BCUT2D eigenvalue weighted by Crippen LogP contribution is 2.35. The minimum Gasteiger partial charge on any atom is -0.468 e. The second kappa shape index (κ2) is 3.66. The Labute approximate surface area is 79.6 Å². The molecule has 3 nitrogen and oxygen atoms in total. The van der Waals surface area contributed by atoms with Crippen LogP contribution in [0.3, 0.4) is 0 Å². The molecule has 2 N–H and O–H groups in total. The minimum absolute atomic E-state index is 0.233. The summed E-state index contributed by atoms with van der Waals surface area (Å²) in [6, 6.07) is 0. The largest absolute Gasteiger partial charge is 0.468 e. The van der Waals surface area contributed by atoms with E-state index in [1.165, 1.54) is 7.11 Å². The summed E-state index contributed by atoms with van der Waals surface area (Å²) in [6.07, 6.45) is 2.94. The zero-order valence-corrected chi connectivity index (χ0v) is 8.67. The number of rotatable bonds is 1. The summed E-state index contributed by atoms with van der Waals surface area (Å²) in [5.74, 6) is 0.503. The van der Waals surface area contributed by atoms with Crippen molar-refractivity contribution in [1.82, 2.24) is 0 Å². The summed E-state index contributed by atoms with van der Waals surface area (Å²) in [4.78, 5) is 11.5. The molecule has 1 aliphatic rings. The Morgan fingerprint density at radius 1 is 1.46 bits per heavy atom. The van der Waals surface area contributed by atoms with Crippen LogP contribution < -0.4 is 5.73 Å². The third kappa shape index (κ3) is 1.85. The third-order valence-corrected chi connectivity index (χ3v) is 3.22. The molecule has 0 bridgehead atoms. The molecule has 3 atom stereocenters. The quantitative estimate of drug-likeness (QED) is 0.627. The van der Waals surface area contributed by atoms with Crippen molar-refractivity contribution in [3.05, 3.63) is 0 Å². The molecule has 3 heteroatoms. The number of ether oxygens (including phenoxy) is 1. The zero-order valence-electron chi connectivity index (χ0n) is 8.67. The lowest BCUT2D eigenvalue weighted by atomic mass is 9.70. The first-order valence-corrected chi connectivity index (χ1v) is 4.88. The van der Waals surface area contributed by atoms with Gasteiger partial charge in [0.15, 0.2) is 0 Å². The predicted molar refractivity (Wildman–Crippen MR) is 51.1 cm³/mol. The summed E-state index contributed by atoms with van der Waals surface area (Å²) >= 11 is 0. The summed E-state index contributed by atoms with van der Waals surface area (Å²) in [7, 11) is 1.41. The molecular weight excluding hydrogens is 166 g/mol. The lowest BCUT2D eigenvalue weighted by Crippen LogP contribution is -2.56. The molecule has 0 radical (unpaired) electrons. The van der Waals surface area contributed by atoms with Gasteiger partial charge >= 0.3 is 5.97 Å². The van der Waals surface area contributed by atoms with Gasteiger partial charge in [-0.2, -0.15) is 0 Å². The van der Waals surface area contributed by atoms with Crippen LogP contribution in [0, 0.1) is 11.8 Å². The van der Waals surface area contributed by atoms with E-state index in [9.17, 15) is 4.79 Å². The van der Waals surface area contributed by atoms with Gasteiger partial charge in [-0.15, -0.1) is 0 Å². The van der Waals surface area contributed by atoms with Crippen molar-refractivity contribution < 1.29 is 9.53 Å². The molecule has 0 amide bonds. The van der Waals surface area contributed by atoms with Crippen molar-refractivity contribution in [2.75, 3.05) is 7.11 Å². The van der Waals surface area contributed by atoms with Gasteiger partial charge in [0.1, 0.15) is 5.54 Å². The number of hydrogen-bond acceptors (Lipinski definition) is 3. The average Bonchev–Trinajstić information content (AvgIpc) is 2.10. The Morgan fingerprint density at radius 3 is 2.62 bits per heavy atom. The molecule has 0 aromatic carbocycles. The van der Waals surface area contributed by atoms with Crippen molar-refractivity contribution in [3.8, 4) is 0 Å². The highest BCUT2D eigenvalue weighted by Gasteiger charge is 2.44. The number of nitrogens with two attached hydrogens (primary N) is 1. The maximum Gasteiger partial charge on any atom is 0.326 e. The SMILES string of the molecule is COC(=O)C1(N)CC(C)CCC1C. The van der Waals surface area contributed by atoms with Gasteiger partial charge in [0.25, 0.3) is 0 Å². The molecule has 1 fully saturated rings. The normalized spacial score (nSPS) is 40.0. The smallest absolute Gasteiger partial charge is 0.326 e. The van der Waals surface area contributed by atoms with Crippen LogP contribution in [0.15, 0.2) is 0 Å². The van der Waals surface area contributed by atoms with Gasteiger partial charge < -0.3 is 10.5 Å². The summed E-state index contributed by atoms with van der Waals surface area (Å²) in [5, 5.41) is 0. The van der Waals surface area contributed by atoms with E-state index in [0.717, 1.165) is 19.3 Å². The molecule has 0 aromatic heterocycles. The first-order valence-electron chi connectivity index (χ1n) is 4.88. The van der Waals surface area contributed by atoms with Gasteiger partial charge in [0.05, 0.1) is 7.11 Å². The van der Waals surface area contributed by atoms with Crippen LogP contribution in [-0.2, 0) is 9.53 Å². The fraction of sp³-hybridized carbons (Fsp3) is 0.900. The fourth-order valence-electron chi connectivity index (χ4n) is 2.15. The maximum absolute atomic E-state index is 11.5. The van der Waals surface area contributed by atoms with Crippen molar-refractivity contribution in [3.63, 3.8) is 0 Å². The molecule has 0 aromatic rings. The van der Waals surface area contributed by atoms with Crippen LogP contribution in [-0.4, -0.2) is 18.6 Å². The Bertz CT molecular complexity index is 205. The van der Waals surface area contributed by atoms with E-state index in [0.29, 0.717) is 5.92 Å². The number of methoxy groups -OCH3 is 1. The second-order valence-corrected chi connectivity index (χ2v) is 4.32.